The molecule has 0 aliphatic heterocycles. The molecule has 64 valence electrons. The van der Waals surface area contributed by atoms with E-state index in [0.29, 0.717) is 5.69 Å². The standard InChI is InChI=1S/C11H5N3/c12-7-3-4-9-8-13-10-5-1-2-6-11(10)14-9/h1-2,5-6,8H. The molecule has 3 nitrogen and oxygen atoms in total. The molecule has 0 bridgehead atoms. The number of hydrogen-bond donors (Lipinski definition) is 0. The molecule has 0 unspecified atom stereocenters. The molecular weight excluding hydrogens is 174 g/mol. The largest absolute Gasteiger partial charge is 0.252 e. The third-order valence-electron chi connectivity index (χ3n) is 1.70. The van der Waals surface area contributed by atoms with E-state index in [2.05, 4.69) is 21.8 Å². The van der Waals surface area contributed by atoms with E-state index in [-0.39, 0.29) is 0 Å². The van der Waals surface area contributed by atoms with E-state index in [4.69, 9.17) is 5.26 Å². The molecule has 1 aromatic heterocycles. The molecule has 0 aliphatic carbocycles. The van der Waals surface area contributed by atoms with Crippen LogP contribution in [-0.2, 0) is 0 Å². The van der Waals surface area contributed by atoms with Crippen LogP contribution < -0.4 is 0 Å². The minimum atomic E-state index is 0.519. The maximum atomic E-state index is 8.27. The van der Waals surface area contributed by atoms with Gasteiger partial charge in [0.2, 0.25) is 0 Å². The second-order valence-electron chi connectivity index (χ2n) is 2.61. The molecule has 0 radical (unpaired) electrons. The predicted molar refractivity (Wildman–Crippen MR) is 52.0 cm³/mol. The first-order valence-corrected chi connectivity index (χ1v) is 4.02. The smallest absolute Gasteiger partial charge is 0.152 e. The monoisotopic (exact) mass is 179 g/mol. The summed E-state index contributed by atoms with van der Waals surface area (Å²) in [5, 5.41) is 8.27. The Morgan fingerprint density at radius 3 is 2.71 bits per heavy atom. The minimum Gasteiger partial charge on any atom is -0.252 e. The summed E-state index contributed by atoms with van der Waals surface area (Å²) in [6.07, 6.45) is 1.56. The van der Waals surface area contributed by atoms with Crippen molar-refractivity contribution in [3.05, 3.63) is 36.2 Å². The van der Waals surface area contributed by atoms with Gasteiger partial charge in [-0.15, -0.1) is 0 Å². The highest BCUT2D eigenvalue weighted by Crippen LogP contribution is 2.07. The van der Waals surface area contributed by atoms with Gasteiger partial charge in [-0.25, -0.2) is 4.98 Å². The second kappa shape index (κ2) is 3.55. The molecule has 14 heavy (non-hydrogen) atoms. The van der Waals surface area contributed by atoms with Crippen LogP contribution in [0.3, 0.4) is 0 Å². The van der Waals surface area contributed by atoms with Gasteiger partial charge in [0.25, 0.3) is 0 Å². The van der Waals surface area contributed by atoms with Crippen LogP contribution in [0.5, 0.6) is 0 Å². The number of para-hydroxylation sites is 2. The van der Waals surface area contributed by atoms with Crippen molar-refractivity contribution in [1.82, 2.24) is 9.97 Å². The first kappa shape index (κ1) is 8.22. The van der Waals surface area contributed by atoms with Crippen molar-refractivity contribution in [2.24, 2.45) is 0 Å². The van der Waals surface area contributed by atoms with Crippen molar-refractivity contribution in [3.63, 3.8) is 0 Å². The molecule has 0 aliphatic rings. The zero-order valence-electron chi connectivity index (χ0n) is 7.23. The fourth-order valence-corrected chi connectivity index (χ4v) is 1.11. The highest BCUT2D eigenvalue weighted by Gasteiger charge is 1.95. The van der Waals surface area contributed by atoms with Gasteiger partial charge in [0.1, 0.15) is 5.69 Å². The van der Waals surface area contributed by atoms with Crippen LogP contribution in [0.15, 0.2) is 30.5 Å². The van der Waals surface area contributed by atoms with E-state index < -0.39 is 0 Å². The Kier molecular flexibility index (Phi) is 2.09. The third-order valence-corrected chi connectivity index (χ3v) is 1.70. The lowest BCUT2D eigenvalue weighted by molar-refractivity contribution is 1.26. The number of fused-ring (bicyclic) bond motifs is 1. The first-order valence-electron chi connectivity index (χ1n) is 4.02. The highest BCUT2D eigenvalue weighted by molar-refractivity contribution is 5.74. The number of rotatable bonds is 0. The molecule has 0 saturated heterocycles. The van der Waals surface area contributed by atoms with E-state index in [1.807, 2.05) is 24.3 Å². The Balaban J connectivity index is 2.58. The van der Waals surface area contributed by atoms with Gasteiger partial charge in [0.05, 0.1) is 17.2 Å². The fraction of sp³-hybridized carbons (Fsp3) is 0. The summed E-state index contributed by atoms with van der Waals surface area (Å²) in [5.41, 5.74) is 2.14. The number of nitriles is 1. The van der Waals surface area contributed by atoms with Gasteiger partial charge < -0.3 is 0 Å². The van der Waals surface area contributed by atoms with E-state index in [1.165, 1.54) is 0 Å². The van der Waals surface area contributed by atoms with Crippen molar-refractivity contribution in [1.29, 1.82) is 5.26 Å². The fourth-order valence-electron chi connectivity index (χ4n) is 1.11. The van der Waals surface area contributed by atoms with Crippen molar-refractivity contribution >= 4 is 11.0 Å². The number of hydrogen-bond acceptors (Lipinski definition) is 3. The van der Waals surface area contributed by atoms with Crippen molar-refractivity contribution < 1.29 is 0 Å². The van der Waals surface area contributed by atoms with E-state index in [1.54, 1.807) is 12.3 Å². The molecule has 0 saturated carbocycles. The summed E-state index contributed by atoms with van der Waals surface area (Å²) in [6.45, 7) is 0. The molecule has 0 spiro atoms. The quantitative estimate of drug-likeness (QED) is 0.576. The Morgan fingerprint density at radius 2 is 1.93 bits per heavy atom. The lowest BCUT2D eigenvalue weighted by Gasteiger charge is -1.94. The molecule has 2 rings (SSSR count). The maximum Gasteiger partial charge on any atom is 0.152 e. The van der Waals surface area contributed by atoms with Gasteiger partial charge in [-0.2, -0.15) is 5.26 Å². The summed E-state index contributed by atoms with van der Waals surface area (Å²) in [4.78, 5) is 8.39. The molecule has 1 heterocycles. The SMILES string of the molecule is N#CC#Cc1cnc2ccccc2n1. The van der Waals surface area contributed by atoms with Crippen LogP contribution in [0.4, 0.5) is 0 Å². The van der Waals surface area contributed by atoms with Crippen molar-refractivity contribution in [3.8, 4) is 17.9 Å². The lowest BCUT2D eigenvalue weighted by atomic mass is 10.3. The zero-order valence-corrected chi connectivity index (χ0v) is 7.23. The Labute approximate surface area is 81.0 Å². The normalized spacial score (nSPS) is 8.79. The number of nitrogens with zero attached hydrogens (tertiary/aromatic N) is 3. The number of benzene rings is 1. The van der Waals surface area contributed by atoms with Gasteiger partial charge in [-0.05, 0) is 18.1 Å². The minimum absolute atomic E-state index is 0.519. The van der Waals surface area contributed by atoms with E-state index >= 15 is 0 Å². The third kappa shape index (κ3) is 1.53. The molecule has 0 fully saturated rings. The van der Waals surface area contributed by atoms with Crippen LogP contribution in [0, 0.1) is 23.2 Å². The van der Waals surface area contributed by atoms with Crippen LogP contribution in [0.1, 0.15) is 5.69 Å². The average molecular weight is 179 g/mol. The van der Waals surface area contributed by atoms with Crippen LogP contribution in [0.25, 0.3) is 11.0 Å². The zero-order chi connectivity index (χ0) is 9.80. The van der Waals surface area contributed by atoms with Gasteiger partial charge in [0.15, 0.2) is 6.07 Å². The molecule has 2 aromatic rings. The van der Waals surface area contributed by atoms with Crippen molar-refractivity contribution in [2.75, 3.05) is 0 Å². The average Bonchev–Trinajstić information content (AvgIpc) is 2.26. The first-order chi connectivity index (χ1) is 6.90. The summed E-state index contributed by atoms with van der Waals surface area (Å²) in [5.74, 6) is 4.88. The van der Waals surface area contributed by atoms with Gasteiger partial charge in [0, 0.05) is 5.92 Å². The molecule has 0 amide bonds. The summed E-state index contributed by atoms with van der Waals surface area (Å²) < 4.78 is 0. The van der Waals surface area contributed by atoms with Crippen LogP contribution in [0.2, 0.25) is 0 Å². The van der Waals surface area contributed by atoms with E-state index in [9.17, 15) is 0 Å². The van der Waals surface area contributed by atoms with E-state index in [0.717, 1.165) is 11.0 Å². The van der Waals surface area contributed by atoms with Crippen LogP contribution in [-0.4, -0.2) is 9.97 Å². The van der Waals surface area contributed by atoms with Gasteiger partial charge in [-0.3, -0.25) is 4.98 Å². The topological polar surface area (TPSA) is 49.6 Å². The molecular formula is C11H5N3. The predicted octanol–water partition coefficient (Wildman–Crippen LogP) is 1.50. The summed E-state index contributed by atoms with van der Waals surface area (Å²) >= 11 is 0. The Morgan fingerprint density at radius 1 is 1.14 bits per heavy atom. The highest BCUT2D eigenvalue weighted by atomic mass is 14.8. The summed E-state index contributed by atoms with van der Waals surface area (Å²) in [6, 6.07) is 9.26. The Hall–Kier alpha value is -2.39. The Bertz CT molecular complexity index is 570. The molecule has 3 heteroatoms. The van der Waals surface area contributed by atoms with Crippen LogP contribution >= 0.6 is 0 Å². The van der Waals surface area contributed by atoms with Gasteiger partial charge >= 0.3 is 0 Å². The maximum absolute atomic E-state index is 8.27. The number of aromatic nitrogens is 2. The van der Waals surface area contributed by atoms with Crippen molar-refractivity contribution in [2.45, 2.75) is 0 Å². The lowest BCUT2D eigenvalue weighted by Crippen LogP contribution is -1.87. The summed E-state index contributed by atoms with van der Waals surface area (Å²) in [7, 11) is 0. The molecule has 1 aromatic carbocycles. The molecule has 0 N–H and O–H groups in total. The molecule has 0 atom stereocenters. The van der Waals surface area contributed by atoms with Gasteiger partial charge in [-0.1, -0.05) is 12.1 Å². The second-order valence-corrected chi connectivity index (χ2v) is 2.61.